The van der Waals surface area contributed by atoms with Crippen LogP contribution in [0.5, 0.6) is 0 Å². The Morgan fingerprint density at radius 3 is 2.45 bits per heavy atom. The highest BCUT2D eigenvalue weighted by Crippen LogP contribution is 2.30. The Bertz CT molecular complexity index is 765. The topological polar surface area (TPSA) is 92.8 Å². The molecule has 1 aromatic carbocycles. The van der Waals surface area contributed by atoms with Gasteiger partial charge in [0.05, 0.1) is 11.1 Å². The molecule has 2 aliphatic rings. The van der Waals surface area contributed by atoms with Crippen LogP contribution in [-0.4, -0.2) is 34.8 Å². The molecule has 1 N–H and O–H groups in total. The van der Waals surface area contributed by atoms with E-state index in [1.54, 1.807) is 6.92 Å². The average molecular weight is 300 g/mol. The fourth-order valence-corrected chi connectivity index (χ4v) is 2.42. The van der Waals surface area contributed by atoms with Crippen LogP contribution in [0.1, 0.15) is 34.6 Å². The molecule has 0 aliphatic carbocycles. The van der Waals surface area contributed by atoms with Crippen molar-refractivity contribution in [2.75, 3.05) is 5.32 Å². The number of fused-ring (bicyclic) bond motifs is 1. The number of amides is 3. The van der Waals surface area contributed by atoms with E-state index in [1.807, 2.05) is 0 Å². The zero-order valence-electron chi connectivity index (χ0n) is 11.9. The van der Waals surface area contributed by atoms with E-state index in [9.17, 15) is 19.2 Å². The first-order valence-corrected chi connectivity index (χ1v) is 6.57. The predicted molar refractivity (Wildman–Crippen MR) is 74.9 cm³/mol. The number of nitrogens with one attached hydrogen (secondary N) is 1. The minimum atomic E-state index is -1.02. The second kappa shape index (κ2) is 4.80. The molecule has 3 amide bonds. The monoisotopic (exact) mass is 300 g/mol. The molecule has 3 rings (SSSR count). The third kappa shape index (κ3) is 2.07. The van der Waals surface area contributed by atoms with Gasteiger partial charge in [0, 0.05) is 18.2 Å². The summed E-state index contributed by atoms with van der Waals surface area (Å²) < 4.78 is 5.01. The Balaban J connectivity index is 1.95. The van der Waals surface area contributed by atoms with Gasteiger partial charge >= 0.3 is 5.97 Å². The third-order valence-corrected chi connectivity index (χ3v) is 3.44. The molecule has 0 radical (unpaired) electrons. The number of nitrogens with zero attached hydrogens (tertiary/aromatic N) is 1. The first kappa shape index (κ1) is 14.0. The van der Waals surface area contributed by atoms with Gasteiger partial charge in [-0.1, -0.05) is 0 Å². The van der Waals surface area contributed by atoms with Crippen LogP contribution < -0.4 is 5.32 Å². The lowest BCUT2D eigenvalue weighted by Crippen LogP contribution is -2.39. The number of hydrogen-bond acceptors (Lipinski definition) is 5. The minimum absolute atomic E-state index is 0.172. The summed E-state index contributed by atoms with van der Waals surface area (Å²) in [6.45, 7) is 2.90. The number of carbonyl (C=O) groups is 4. The summed E-state index contributed by atoms with van der Waals surface area (Å²) >= 11 is 0. The van der Waals surface area contributed by atoms with Crippen LogP contribution in [0.15, 0.2) is 29.8 Å². The Kier molecular flexibility index (Phi) is 3.05. The smallest absolute Gasteiger partial charge is 0.335 e. The molecule has 22 heavy (non-hydrogen) atoms. The lowest BCUT2D eigenvalue weighted by molar-refractivity contribution is -0.143. The summed E-state index contributed by atoms with van der Waals surface area (Å²) in [4.78, 5) is 48.1. The van der Waals surface area contributed by atoms with Crippen LogP contribution in [-0.2, 0) is 14.3 Å². The zero-order valence-corrected chi connectivity index (χ0v) is 11.9. The molecule has 2 aliphatic heterocycles. The molecule has 1 atom stereocenters. The number of anilines is 1. The molecular formula is C15H12N2O5. The van der Waals surface area contributed by atoms with Gasteiger partial charge in [0.2, 0.25) is 12.1 Å². The Morgan fingerprint density at radius 1 is 1.18 bits per heavy atom. The van der Waals surface area contributed by atoms with E-state index < -0.39 is 24.0 Å². The maximum Gasteiger partial charge on any atom is 0.335 e. The van der Waals surface area contributed by atoms with Crippen LogP contribution in [0, 0.1) is 0 Å². The van der Waals surface area contributed by atoms with E-state index in [0.29, 0.717) is 11.3 Å². The largest absolute Gasteiger partial charge is 0.434 e. The van der Waals surface area contributed by atoms with Crippen LogP contribution in [0.25, 0.3) is 0 Å². The van der Waals surface area contributed by atoms with Crippen molar-refractivity contribution in [2.45, 2.75) is 20.1 Å². The quantitative estimate of drug-likeness (QED) is 0.651. The van der Waals surface area contributed by atoms with Crippen LogP contribution in [0.4, 0.5) is 5.69 Å². The third-order valence-electron chi connectivity index (χ3n) is 3.44. The molecule has 1 unspecified atom stereocenters. The Labute approximate surface area is 125 Å². The predicted octanol–water partition coefficient (Wildman–Crippen LogP) is 1.07. The van der Waals surface area contributed by atoms with Crippen molar-refractivity contribution in [3.05, 3.63) is 41.0 Å². The van der Waals surface area contributed by atoms with Gasteiger partial charge in [-0.25, -0.2) is 9.69 Å². The number of benzene rings is 1. The highest BCUT2D eigenvalue weighted by atomic mass is 16.6. The van der Waals surface area contributed by atoms with Gasteiger partial charge in [0.1, 0.15) is 0 Å². The molecule has 0 saturated heterocycles. The van der Waals surface area contributed by atoms with Crippen molar-refractivity contribution in [1.29, 1.82) is 0 Å². The molecule has 7 heteroatoms. The first-order chi connectivity index (χ1) is 10.4. The van der Waals surface area contributed by atoms with Gasteiger partial charge in [-0.2, -0.15) is 0 Å². The van der Waals surface area contributed by atoms with Crippen molar-refractivity contribution in [1.82, 2.24) is 4.90 Å². The fourth-order valence-electron chi connectivity index (χ4n) is 2.42. The highest BCUT2D eigenvalue weighted by molar-refractivity contribution is 6.22. The molecule has 1 aromatic rings. The molecule has 0 saturated carbocycles. The average Bonchev–Trinajstić information content (AvgIpc) is 2.88. The van der Waals surface area contributed by atoms with Crippen molar-refractivity contribution < 1.29 is 23.9 Å². The number of cyclic esters (lactones) is 1. The summed E-state index contributed by atoms with van der Waals surface area (Å²) in [6, 6.07) is 4.44. The van der Waals surface area contributed by atoms with Crippen LogP contribution >= 0.6 is 0 Å². The molecule has 0 fully saturated rings. The number of imide groups is 1. The minimum Gasteiger partial charge on any atom is -0.434 e. The summed E-state index contributed by atoms with van der Waals surface area (Å²) in [5.41, 5.74) is 1.16. The number of carbonyl (C=O) groups excluding carboxylic acids is 4. The first-order valence-electron chi connectivity index (χ1n) is 6.57. The number of esters is 1. The SMILES string of the molecule is CC(=O)Nc1ccc2c(c1)C(=O)N(C1C=C(C)C(=O)O1)C2=O. The Hall–Kier alpha value is -2.96. The van der Waals surface area contributed by atoms with E-state index in [1.165, 1.54) is 31.2 Å². The normalized spacial score (nSPS) is 19.9. The van der Waals surface area contributed by atoms with E-state index in [2.05, 4.69) is 5.32 Å². The molecule has 112 valence electrons. The molecule has 0 spiro atoms. The van der Waals surface area contributed by atoms with Crippen molar-refractivity contribution in [2.24, 2.45) is 0 Å². The second-order valence-electron chi connectivity index (χ2n) is 5.07. The maximum atomic E-state index is 12.4. The van der Waals surface area contributed by atoms with Crippen molar-refractivity contribution in [3.8, 4) is 0 Å². The van der Waals surface area contributed by atoms with E-state index >= 15 is 0 Å². The van der Waals surface area contributed by atoms with Gasteiger partial charge in [0.15, 0.2) is 0 Å². The van der Waals surface area contributed by atoms with Gasteiger partial charge in [-0.05, 0) is 31.2 Å². The molecular weight excluding hydrogens is 288 g/mol. The summed E-state index contributed by atoms with van der Waals surface area (Å²) in [5.74, 6) is -1.92. The van der Waals surface area contributed by atoms with Gasteiger partial charge in [0.25, 0.3) is 11.8 Å². The molecule has 0 aromatic heterocycles. The Morgan fingerprint density at radius 2 is 1.86 bits per heavy atom. The lowest BCUT2D eigenvalue weighted by atomic mass is 10.1. The van der Waals surface area contributed by atoms with E-state index in [4.69, 9.17) is 4.74 Å². The fraction of sp³-hybridized carbons (Fsp3) is 0.200. The lowest BCUT2D eigenvalue weighted by Gasteiger charge is -2.19. The molecule has 2 heterocycles. The summed E-state index contributed by atoms with van der Waals surface area (Å²) in [7, 11) is 0. The highest BCUT2D eigenvalue weighted by Gasteiger charge is 2.43. The van der Waals surface area contributed by atoms with Gasteiger partial charge < -0.3 is 10.1 Å². The zero-order chi connectivity index (χ0) is 16.0. The number of hydrogen-bond donors (Lipinski definition) is 1. The molecule has 7 nitrogen and oxygen atoms in total. The van der Waals surface area contributed by atoms with Crippen LogP contribution in [0.3, 0.4) is 0 Å². The maximum absolute atomic E-state index is 12.4. The van der Waals surface area contributed by atoms with E-state index in [-0.39, 0.29) is 17.0 Å². The molecule has 0 bridgehead atoms. The van der Waals surface area contributed by atoms with Gasteiger partial charge in [-0.15, -0.1) is 0 Å². The van der Waals surface area contributed by atoms with Crippen LogP contribution in [0.2, 0.25) is 0 Å². The van der Waals surface area contributed by atoms with Crippen molar-refractivity contribution in [3.63, 3.8) is 0 Å². The number of ether oxygens (including phenoxy) is 1. The summed E-state index contributed by atoms with van der Waals surface area (Å²) in [5, 5.41) is 2.55. The number of rotatable bonds is 2. The standard InChI is InChI=1S/C15H12N2O5/c1-7-5-12(22-15(7)21)17-13(19)10-4-3-9(16-8(2)18)6-11(10)14(17)20/h3-6,12H,1-2H3,(H,16,18). The van der Waals surface area contributed by atoms with E-state index in [0.717, 1.165) is 4.90 Å². The van der Waals surface area contributed by atoms with Crippen molar-refractivity contribution >= 4 is 29.4 Å². The second-order valence-corrected chi connectivity index (χ2v) is 5.07. The summed E-state index contributed by atoms with van der Waals surface area (Å²) in [6.07, 6.45) is 0.405. The van der Waals surface area contributed by atoms with Gasteiger partial charge in [-0.3, -0.25) is 14.4 Å².